The fourth-order valence-electron chi connectivity index (χ4n) is 1.96. The Morgan fingerprint density at radius 3 is 1.82 bits per heavy atom. The number of aliphatic hydroxyl groups is 1. The molecule has 0 aromatic carbocycles. The van der Waals surface area contributed by atoms with E-state index in [0.29, 0.717) is 6.54 Å². The summed E-state index contributed by atoms with van der Waals surface area (Å²) >= 11 is 0. The molecule has 0 heterocycles. The molecule has 0 saturated heterocycles. The third-order valence-electron chi connectivity index (χ3n) is 3.13. The zero-order chi connectivity index (χ0) is 12.8. The van der Waals surface area contributed by atoms with Gasteiger partial charge in [0.2, 0.25) is 0 Å². The van der Waals surface area contributed by atoms with Crippen molar-refractivity contribution in [3.8, 4) is 0 Å². The Labute approximate surface area is 107 Å². The Kier molecular flexibility index (Phi) is 13.8. The molecule has 17 heavy (non-hydrogen) atoms. The van der Waals surface area contributed by atoms with Crippen LogP contribution in [0.4, 0.5) is 0 Å². The Morgan fingerprint density at radius 1 is 0.882 bits per heavy atom. The molecule has 0 aromatic rings. The minimum absolute atomic E-state index is 0.303. The fourth-order valence-corrected chi connectivity index (χ4v) is 1.96. The summed E-state index contributed by atoms with van der Waals surface area (Å²) in [7, 11) is 0. The van der Waals surface area contributed by atoms with E-state index >= 15 is 0 Å². The molecule has 0 rings (SSSR count). The number of nitrogens with one attached hydrogen (secondary N) is 1. The van der Waals surface area contributed by atoms with Gasteiger partial charge in [-0.25, -0.2) is 0 Å². The fraction of sp³-hybridized carbons (Fsp3) is 1.00. The second-order valence-corrected chi connectivity index (χ2v) is 4.89. The van der Waals surface area contributed by atoms with E-state index in [9.17, 15) is 0 Å². The summed E-state index contributed by atoms with van der Waals surface area (Å²) in [6.07, 6.45) is 12.9. The molecule has 0 aromatic heterocycles. The van der Waals surface area contributed by atoms with Gasteiger partial charge in [0.1, 0.15) is 6.23 Å². The summed E-state index contributed by atoms with van der Waals surface area (Å²) in [6.45, 7) is 3.45. The third-order valence-corrected chi connectivity index (χ3v) is 3.13. The van der Waals surface area contributed by atoms with Gasteiger partial charge in [-0.05, 0) is 13.0 Å². The monoisotopic (exact) mass is 244 g/mol. The van der Waals surface area contributed by atoms with Crippen LogP contribution >= 0.6 is 0 Å². The van der Waals surface area contributed by atoms with E-state index in [-0.39, 0.29) is 0 Å². The van der Waals surface area contributed by atoms with Crippen LogP contribution in [0.1, 0.15) is 71.1 Å². The summed E-state index contributed by atoms with van der Waals surface area (Å²) in [4.78, 5) is 0. The van der Waals surface area contributed by atoms with Gasteiger partial charge >= 0.3 is 0 Å². The molecule has 3 nitrogen and oxygen atoms in total. The van der Waals surface area contributed by atoms with Crippen LogP contribution in [0.2, 0.25) is 0 Å². The van der Waals surface area contributed by atoms with Gasteiger partial charge in [-0.1, -0.05) is 64.7 Å². The van der Waals surface area contributed by atoms with E-state index in [4.69, 9.17) is 10.8 Å². The summed E-state index contributed by atoms with van der Waals surface area (Å²) in [5.74, 6) is 0. The van der Waals surface area contributed by atoms with Crippen molar-refractivity contribution in [3.05, 3.63) is 0 Å². The van der Waals surface area contributed by atoms with Crippen molar-refractivity contribution >= 4 is 0 Å². The number of nitrogens with two attached hydrogens (primary N) is 1. The molecule has 0 bridgehead atoms. The zero-order valence-electron chi connectivity index (χ0n) is 11.6. The average Bonchev–Trinajstić information content (AvgIpc) is 2.35. The van der Waals surface area contributed by atoms with Crippen molar-refractivity contribution in [2.24, 2.45) is 5.73 Å². The zero-order valence-corrected chi connectivity index (χ0v) is 11.6. The predicted molar refractivity (Wildman–Crippen MR) is 74.9 cm³/mol. The molecule has 1 unspecified atom stereocenters. The topological polar surface area (TPSA) is 58.3 Å². The highest BCUT2D eigenvalue weighted by Gasteiger charge is 1.97. The number of hydrogen-bond donors (Lipinski definition) is 3. The molecule has 0 amide bonds. The first kappa shape index (κ1) is 16.9. The highest BCUT2D eigenvalue weighted by molar-refractivity contribution is 4.54. The van der Waals surface area contributed by atoms with Gasteiger partial charge < -0.3 is 10.8 Å². The van der Waals surface area contributed by atoms with Crippen molar-refractivity contribution in [2.75, 3.05) is 13.1 Å². The molecular weight excluding hydrogens is 212 g/mol. The Morgan fingerprint density at radius 2 is 1.35 bits per heavy atom. The normalized spacial score (nSPS) is 12.9. The first-order valence-electron chi connectivity index (χ1n) is 7.42. The van der Waals surface area contributed by atoms with E-state index in [2.05, 4.69) is 12.2 Å². The summed E-state index contributed by atoms with van der Waals surface area (Å²) in [5.41, 5.74) is 5.29. The molecule has 0 aliphatic heterocycles. The first-order valence-corrected chi connectivity index (χ1v) is 7.42. The van der Waals surface area contributed by atoms with Crippen molar-refractivity contribution in [3.63, 3.8) is 0 Å². The maximum absolute atomic E-state index is 9.17. The third kappa shape index (κ3) is 13.8. The van der Waals surface area contributed by atoms with Crippen LogP contribution in [0.5, 0.6) is 0 Å². The predicted octanol–water partition coefficient (Wildman–Crippen LogP) is 2.77. The number of hydrogen-bond acceptors (Lipinski definition) is 3. The second kappa shape index (κ2) is 13.9. The van der Waals surface area contributed by atoms with Crippen LogP contribution in [0.25, 0.3) is 0 Å². The lowest BCUT2D eigenvalue weighted by Crippen LogP contribution is -2.36. The summed E-state index contributed by atoms with van der Waals surface area (Å²) in [6, 6.07) is 0. The molecule has 0 radical (unpaired) electrons. The van der Waals surface area contributed by atoms with E-state index in [1.165, 1.54) is 57.8 Å². The van der Waals surface area contributed by atoms with E-state index in [1.54, 1.807) is 0 Å². The van der Waals surface area contributed by atoms with Gasteiger partial charge in [-0.3, -0.25) is 5.32 Å². The van der Waals surface area contributed by atoms with Crippen LogP contribution in [0, 0.1) is 0 Å². The van der Waals surface area contributed by atoms with Crippen LogP contribution in [0.3, 0.4) is 0 Å². The maximum atomic E-state index is 9.17. The molecule has 4 N–H and O–H groups in total. The van der Waals surface area contributed by atoms with Gasteiger partial charge in [0.15, 0.2) is 0 Å². The summed E-state index contributed by atoms with van der Waals surface area (Å²) in [5, 5.41) is 12.2. The quantitative estimate of drug-likeness (QED) is 0.345. The Hall–Kier alpha value is -0.120. The molecule has 0 saturated carbocycles. The van der Waals surface area contributed by atoms with Crippen LogP contribution in [0.15, 0.2) is 0 Å². The van der Waals surface area contributed by atoms with E-state index < -0.39 is 6.23 Å². The molecule has 1 atom stereocenters. The molecule has 0 fully saturated rings. The average molecular weight is 244 g/mol. The van der Waals surface area contributed by atoms with Gasteiger partial charge in [0.05, 0.1) is 0 Å². The van der Waals surface area contributed by atoms with Crippen LogP contribution in [-0.2, 0) is 0 Å². The van der Waals surface area contributed by atoms with Crippen molar-refractivity contribution in [2.45, 2.75) is 77.4 Å². The molecule has 0 aliphatic carbocycles. The Balaban J connectivity index is 2.94. The standard InChI is InChI=1S/C14H32N2O/c1-2-3-4-5-6-7-8-9-10-11-12-16-14(17)13-15/h14,16-17H,2-13,15H2,1H3. The van der Waals surface area contributed by atoms with Crippen molar-refractivity contribution < 1.29 is 5.11 Å². The molecule has 3 heteroatoms. The minimum atomic E-state index is -0.520. The van der Waals surface area contributed by atoms with Crippen molar-refractivity contribution in [1.29, 1.82) is 0 Å². The number of unbranched alkanes of at least 4 members (excludes halogenated alkanes) is 9. The smallest absolute Gasteiger partial charge is 0.117 e. The highest BCUT2D eigenvalue weighted by atomic mass is 16.3. The van der Waals surface area contributed by atoms with Gasteiger partial charge in [-0.15, -0.1) is 0 Å². The van der Waals surface area contributed by atoms with Gasteiger partial charge in [-0.2, -0.15) is 0 Å². The molecular formula is C14H32N2O. The summed E-state index contributed by atoms with van der Waals surface area (Å²) < 4.78 is 0. The first-order chi connectivity index (χ1) is 8.31. The maximum Gasteiger partial charge on any atom is 0.117 e. The van der Waals surface area contributed by atoms with Crippen LogP contribution < -0.4 is 11.1 Å². The lowest BCUT2D eigenvalue weighted by Gasteiger charge is -2.09. The van der Waals surface area contributed by atoms with E-state index in [0.717, 1.165) is 13.0 Å². The molecule has 104 valence electrons. The van der Waals surface area contributed by atoms with Gasteiger partial charge in [0, 0.05) is 6.54 Å². The van der Waals surface area contributed by atoms with E-state index in [1.807, 2.05) is 0 Å². The Bertz CT molecular complexity index is 142. The molecule has 0 spiro atoms. The lowest BCUT2D eigenvalue weighted by molar-refractivity contribution is 0.145. The van der Waals surface area contributed by atoms with Gasteiger partial charge in [0.25, 0.3) is 0 Å². The SMILES string of the molecule is CCCCCCCCCCCCNC(O)CN. The second-order valence-electron chi connectivity index (χ2n) is 4.89. The van der Waals surface area contributed by atoms with Crippen molar-refractivity contribution in [1.82, 2.24) is 5.32 Å². The molecule has 0 aliphatic rings. The number of rotatable bonds is 13. The lowest BCUT2D eigenvalue weighted by atomic mass is 10.1. The minimum Gasteiger partial charge on any atom is -0.377 e. The highest BCUT2D eigenvalue weighted by Crippen LogP contribution is 2.10. The van der Waals surface area contributed by atoms with Crippen LogP contribution in [-0.4, -0.2) is 24.4 Å². The number of aliphatic hydroxyl groups excluding tert-OH is 1. The largest absolute Gasteiger partial charge is 0.377 e.